The number of ether oxygens (including phenoxy) is 1. The topological polar surface area (TPSA) is 134 Å². The molecule has 9 nitrogen and oxygen atoms in total. The highest BCUT2D eigenvalue weighted by molar-refractivity contribution is 7.89. The molecule has 2 aromatic carbocycles. The highest BCUT2D eigenvalue weighted by atomic mass is 35.5. The maximum absolute atomic E-state index is 12.9. The minimum atomic E-state index is -3.87. The van der Waals surface area contributed by atoms with Crippen LogP contribution < -0.4 is 20.1 Å². The lowest BCUT2D eigenvalue weighted by atomic mass is 9.88. The van der Waals surface area contributed by atoms with Gasteiger partial charge in [0.1, 0.15) is 11.5 Å². The van der Waals surface area contributed by atoms with Crippen molar-refractivity contribution in [2.24, 2.45) is 5.92 Å². The summed E-state index contributed by atoms with van der Waals surface area (Å²) in [6.45, 7) is 4.41. The first kappa shape index (κ1) is 37.6. The standard InChI is InChI=1S/C35H52ClN3O6S/c1-3-4-5-6-7-8-9-10-11-15-22-45-28-18-20-29(21-19-28)46(43,44)39-26(2)23-34(41)37-31-25-33(40)32(24-30(31)36)38-35(42)27-16-13-12-14-17-27/h18-21,24-27,39-40H,3-17,22-23H2,1-2H3,(H,37,41)(H,38,42). The van der Waals surface area contributed by atoms with Crippen molar-refractivity contribution in [3.8, 4) is 11.5 Å². The van der Waals surface area contributed by atoms with E-state index in [1.165, 1.54) is 75.6 Å². The first-order valence-electron chi connectivity index (χ1n) is 17.0. The number of hydrogen-bond acceptors (Lipinski definition) is 6. The van der Waals surface area contributed by atoms with Crippen LogP contribution in [0.2, 0.25) is 5.02 Å². The van der Waals surface area contributed by atoms with Gasteiger partial charge in [0.15, 0.2) is 0 Å². The van der Waals surface area contributed by atoms with E-state index in [2.05, 4.69) is 22.3 Å². The zero-order valence-corrected chi connectivity index (χ0v) is 29.0. The number of aromatic hydroxyl groups is 1. The molecule has 2 aromatic rings. The highest BCUT2D eigenvalue weighted by Gasteiger charge is 2.23. The molecule has 0 heterocycles. The van der Waals surface area contributed by atoms with Gasteiger partial charge in [-0.3, -0.25) is 9.59 Å². The summed E-state index contributed by atoms with van der Waals surface area (Å²) in [4.78, 5) is 25.3. The number of rotatable bonds is 20. The molecule has 1 aliphatic rings. The van der Waals surface area contributed by atoms with Crippen molar-refractivity contribution < 1.29 is 27.9 Å². The Balaban J connectivity index is 1.39. The molecule has 0 bridgehead atoms. The van der Waals surface area contributed by atoms with Crippen molar-refractivity contribution in [1.82, 2.24) is 4.72 Å². The largest absolute Gasteiger partial charge is 0.506 e. The van der Waals surface area contributed by atoms with Gasteiger partial charge < -0.3 is 20.5 Å². The van der Waals surface area contributed by atoms with Crippen LogP contribution in [0.25, 0.3) is 0 Å². The van der Waals surface area contributed by atoms with E-state index in [1.807, 2.05) is 0 Å². The second kappa shape index (κ2) is 19.8. The Morgan fingerprint density at radius 3 is 2.13 bits per heavy atom. The summed E-state index contributed by atoms with van der Waals surface area (Å²) in [6.07, 6.45) is 17.1. The molecule has 11 heteroatoms. The van der Waals surface area contributed by atoms with Gasteiger partial charge in [0, 0.05) is 24.4 Å². The van der Waals surface area contributed by atoms with Crippen LogP contribution in [0.1, 0.15) is 117 Å². The molecule has 256 valence electrons. The van der Waals surface area contributed by atoms with E-state index >= 15 is 0 Å². The summed E-state index contributed by atoms with van der Waals surface area (Å²) >= 11 is 6.33. The van der Waals surface area contributed by atoms with Crippen LogP contribution in [0.4, 0.5) is 11.4 Å². The second-order valence-electron chi connectivity index (χ2n) is 12.4. The van der Waals surface area contributed by atoms with Crippen LogP contribution in [-0.2, 0) is 19.6 Å². The highest BCUT2D eigenvalue weighted by Crippen LogP contribution is 2.35. The number of halogens is 1. The first-order valence-corrected chi connectivity index (χ1v) is 18.8. The lowest BCUT2D eigenvalue weighted by Crippen LogP contribution is -2.35. The van der Waals surface area contributed by atoms with E-state index in [9.17, 15) is 23.1 Å². The monoisotopic (exact) mass is 677 g/mol. The van der Waals surface area contributed by atoms with Crippen molar-refractivity contribution in [1.29, 1.82) is 0 Å². The molecular weight excluding hydrogens is 626 g/mol. The van der Waals surface area contributed by atoms with Crippen LogP contribution in [0.5, 0.6) is 11.5 Å². The van der Waals surface area contributed by atoms with Gasteiger partial charge in [-0.15, -0.1) is 0 Å². The maximum Gasteiger partial charge on any atom is 0.240 e. The molecule has 1 fully saturated rings. The van der Waals surface area contributed by atoms with Crippen molar-refractivity contribution in [2.45, 2.75) is 128 Å². The molecular formula is C35H52ClN3O6S. The molecule has 1 saturated carbocycles. The molecule has 46 heavy (non-hydrogen) atoms. The smallest absolute Gasteiger partial charge is 0.240 e. The van der Waals surface area contributed by atoms with E-state index in [4.69, 9.17) is 16.3 Å². The summed E-state index contributed by atoms with van der Waals surface area (Å²) in [7, 11) is -3.87. The Hall–Kier alpha value is -2.82. The molecule has 2 amide bonds. The van der Waals surface area contributed by atoms with Crippen molar-refractivity contribution in [2.75, 3.05) is 17.2 Å². The van der Waals surface area contributed by atoms with Gasteiger partial charge >= 0.3 is 0 Å². The van der Waals surface area contributed by atoms with Crippen molar-refractivity contribution >= 4 is 44.8 Å². The molecule has 4 N–H and O–H groups in total. The van der Waals surface area contributed by atoms with E-state index in [0.717, 1.165) is 44.9 Å². The summed E-state index contributed by atoms with van der Waals surface area (Å²) in [5.41, 5.74) is 0.332. The number of carbonyl (C=O) groups is 2. The van der Waals surface area contributed by atoms with Crippen LogP contribution in [0, 0.1) is 5.92 Å². The Kier molecular flexibility index (Phi) is 16.2. The number of sulfonamides is 1. The van der Waals surface area contributed by atoms with Gasteiger partial charge in [-0.05, 0) is 56.5 Å². The number of benzene rings is 2. The molecule has 1 atom stereocenters. The Morgan fingerprint density at radius 2 is 1.50 bits per heavy atom. The lowest BCUT2D eigenvalue weighted by Gasteiger charge is -2.21. The van der Waals surface area contributed by atoms with Gasteiger partial charge in [-0.2, -0.15) is 0 Å². The minimum Gasteiger partial charge on any atom is -0.506 e. The summed E-state index contributed by atoms with van der Waals surface area (Å²) < 4.78 is 34.2. The van der Waals surface area contributed by atoms with E-state index in [1.54, 1.807) is 19.1 Å². The number of carbonyl (C=O) groups excluding carboxylic acids is 2. The van der Waals surface area contributed by atoms with Crippen molar-refractivity contribution in [3.63, 3.8) is 0 Å². The predicted molar refractivity (Wildman–Crippen MR) is 185 cm³/mol. The number of anilines is 2. The number of phenolic OH excluding ortho intramolecular Hbond substituents is 1. The van der Waals surface area contributed by atoms with Gasteiger partial charge in [0.05, 0.1) is 27.9 Å². The van der Waals surface area contributed by atoms with Crippen LogP contribution in [-0.4, -0.2) is 38.0 Å². The van der Waals surface area contributed by atoms with Crippen LogP contribution in [0.15, 0.2) is 41.3 Å². The second-order valence-corrected chi connectivity index (χ2v) is 14.6. The fraction of sp³-hybridized carbons (Fsp3) is 0.600. The Labute approximate surface area is 280 Å². The van der Waals surface area contributed by atoms with E-state index in [0.29, 0.717) is 12.4 Å². The fourth-order valence-corrected chi connectivity index (χ4v) is 7.16. The van der Waals surface area contributed by atoms with E-state index in [-0.39, 0.29) is 45.3 Å². The SMILES string of the molecule is CCCCCCCCCCCCOc1ccc(S(=O)(=O)NC(C)CC(=O)Nc2cc(O)c(NC(=O)C3CCCCC3)cc2Cl)cc1. The molecule has 0 radical (unpaired) electrons. The van der Waals surface area contributed by atoms with Crippen molar-refractivity contribution in [3.05, 3.63) is 41.4 Å². The summed E-state index contributed by atoms with van der Waals surface area (Å²) in [6, 6.07) is 8.19. The third kappa shape index (κ3) is 13.1. The average molecular weight is 678 g/mol. The first-order chi connectivity index (χ1) is 22.1. The zero-order chi connectivity index (χ0) is 33.4. The predicted octanol–water partition coefficient (Wildman–Crippen LogP) is 8.56. The van der Waals surface area contributed by atoms with Gasteiger partial charge in [0.25, 0.3) is 0 Å². The Morgan fingerprint density at radius 1 is 0.891 bits per heavy atom. The summed E-state index contributed by atoms with van der Waals surface area (Å²) in [5, 5.41) is 15.9. The molecule has 0 spiro atoms. The normalized spacial score (nSPS) is 14.5. The summed E-state index contributed by atoms with van der Waals surface area (Å²) in [5.74, 6) is -0.362. The average Bonchev–Trinajstić information content (AvgIpc) is 3.02. The van der Waals surface area contributed by atoms with Crippen LogP contribution in [0.3, 0.4) is 0 Å². The number of nitrogens with one attached hydrogen (secondary N) is 3. The van der Waals surface area contributed by atoms with Gasteiger partial charge in [-0.25, -0.2) is 13.1 Å². The third-order valence-corrected chi connectivity index (χ3v) is 10.3. The maximum atomic E-state index is 12.9. The minimum absolute atomic E-state index is 0.0740. The third-order valence-electron chi connectivity index (χ3n) is 8.34. The Bertz CT molecular complexity index is 1350. The molecule has 0 aromatic heterocycles. The molecule has 1 unspecified atom stereocenters. The van der Waals surface area contributed by atoms with Crippen LogP contribution >= 0.6 is 11.6 Å². The quantitative estimate of drug-likeness (QED) is 0.0820. The molecule has 3 rings (SSSR count). The molecule has 0 saturated heterocycles. The number of phenols is 1. The molecule has 1 aliphatic carbocycles. The zero-order valence-electron chi connectivity index (χ0n) is 27.4. The fourth-order valence-electron chi connectivity index (χ4n) is 5.71. The van der Waals surface area contributed by atoms with Gasteiger partial charge in [0.2, 0.25) is 21.8 Å². The van der Waals surface area contributed by atoms with E-state index < -0.39 is 22.0 Å². The molecule has 0 aliphatic heterocycles. The van der Waals surface area contributed by atoms with Gasteiger partial charge in [-0.1, -0.05) is 95.6 Å². The lowest BCUT2D eigenvalue weighted by molar-refractivity contribution is -0.120. The number of amides is 2. The number of unbranched alkanes of at least 4 members (excludes halogenated alkanes) is 9. The number of hydrogen-bond donors (Lipinski definition) is 4.